The second-order valence-corrected chi connectivity index (χ2v) is 15.0. The molecule has 1 N–H and O–H groups in total. The van der Waals surface area contributed by atoms with Gasteiger partial charge in [0, 0.05) is 43.4 Å². The first kappa shape index (κ1) is 33.0. The number of halogens is 4. The zero-order chi connectivity index (χ0) is 31.5. The maximum Gasteiger partial charge on any atom is 0.326 e. The summed E-state index contributed by atoms with van der Waals surface area (Å²) in [6.07, 6.45) is 2.02. The van der Waals surface area contributed by atoms with Crippen molar-refractivity contribution in [1.29, 1.82) is 0 Å². The van der Waals surface area contributed by atoms with Crippen LogP contribution in [0, 0.1) is 46.3 Å². The quantitative estimate of drug-likeness (QED) is 0.202. The SMILES string of the molecule is C[C@H](CCC(=O)OCCC(F)(F)C(F)(F)CS(=O)(=O)O)[C@H]1CC[C@H]2[C@@H]3C(=O)CC4CC(=O)CC[C@]4(C)[C@H]3CC(=O)[C@]12C. The van der Waals surface area contributed by atoms with Crippen molar-refractivity contribution in [1.82, 2.24) is 0 Å². The smallest absolute Gasteiger partial charge is 0.326 e. The van der Waals surface area contributed by atoms with E-state index < -0.39 is 52.1 Å². The molecule has 0 radical (unpaired) electrons. The third-order valence-electron chi connectivity index (χ3n) is 11.3. The molecule has 0 aromatic heterocycles. The van der Waals surface area contributed by atoms with Gasteiger partial charge in [0.1, 0.15) is 23.1 Å². The number of hydrogen-bond donors (Lipinski definition) is 1. The van der Waals surface area contributed by atoms with E-state index in [9.17, 15) is 45.2 Å². The van der Waals surface area contributed by atoms with E-state index in [4.69, 9.17) is 9.29 Å². The first-order valence-electron chi connectivity index (χ1n) is 14.7. The number of hydrogen-bond acceptors (Lipinski definition) is 7. The van der Waals surface area contributed by atoms with E-state index in [1.165, 1.54) is 0 Å². The maximum atomic E-state index is 13.8. The topological polar surface area (TPSA) is 132 Å². The van der Waals surface area contributed by atoms with E-state index in [-0.39, 0.29) is 77.5 Å². The predicted octanol–water partition coefficient (Wildman–Crippen LogP) is 5.08. The van der Waals surface area contributed by atoms with Crippen LogP contribution in [0.1, 0.15) is 85.0 Å². The number of ketones is 3. The molecule has 4 rings (SSSR count). The molecule has 1 unspecified atom stereocenters. The highest BCUT2D eigenvalue weighted by Crippen LogP contribution is 2.66. The lowest BCUT2D eigenvalue weighted by molar-refractivity contribution is -0.204. The van der Waals surface area contributed by atoms with E-state index >= 15 is 0 Å². The molecule has 4 saturated carbocycles. The minimum atomic E-state index is -5.36. The van der Waals surface area contributed by atoms with E-state index in [0.717, 1.165) is 0 Å². The van der Waals surface area contributed by atoms with Gasteiger partial charge < -0.3 is 4.74 Å². The summed E-state index contributed by atoms with van der Waals surface area (Å²) in [6.45, 7) is 4.88. The number of esters is 1. The number of fused-ring (bicyclic) bond motifs is 5. The Morgan fingerprint density at radius 3 is 2.36 bits per heavy atom. The summed E-state index contributed by atoms with van der Waals surface area (Å²) in [5.74, 6) is -13.6. The molecule has 42 heavy (non-hydrogen) atoms. The lowest BCUT2D eigenvalue weighted by Crippen LogP contribution is -2.60. The Morgan fingerprint density at radius 1 is 1.05 bits per heavy atom. The minimum absolute atomic E-state index is 0.0271. The molecule has 0 heterocycles. The zero-order valence-corrected chi connectivity index (χ0v) is 25.0. The van der Waals surface area contributed by atoms with Crippen LogP contribution in [0.25, 0.3) is 0 Å². The normalized spacial score (nSPS) is 36.2. The number of alkyl halides is 4. The van der Waals surface area contributed by atoms with Crippen molar-refractivity contribution in [2.24, 2.45) is 46.3 Å². The Bertz CT molecular complexity index is 1240. The average Bonchev–Trinajstić information content (AvgIpc) is 3.21. The third-order valence-corrected chi connectivity index (χ3v) is 12.0. The van der Waals surface area contributed by atoms with Crippen molar-refractivity contribution in [2.75, 3.05) is 12.4 Å². The van der Waals surface area contributed by atoms with Crippen LogP contribution in [0.3, 0.4) is 0 Å². The second-order valence-electron chi connectivity index (χ2n) is 13.6. The molecule has 0 saturated heterocycles. The van der Waals surface area contributed by atoms with Crippen molar-refractivity contribution in [3.8, 4) is 0 Å². The Balaban J connectivity index is 1.35. The fraction of sp³-hybridized carbons (Fsp3) is 0.862. The largest absolute Gasteiger partial charge is 0.465 e. The number of carbonyl (C=O) groups excluding carboxylic acids is 4. The zero-order valence-electron chi connectivity index (χ0n) is 24.2. The summed E-state index contributed by atoms with van der Waals surface area (Å²) in [6, 6.07) is 0. The van der Waals surface area contributed by atoms with Gasteiger partial charge in [-0.3, -0.25) is 23.7 Å². The Hall–Kier alpha value is -1.89. The molecule has 0 aliphatic heterocycles. The highest BCUT2D eigenvalue weighted by Gasteiger charge is 2.66. The Labute approximate surface area is 243 Å². The molecule has 8 atom stereocenters. The molecule has 0 aromatic rings. The number of ether oxygens (including phenoxy) is 1. The van der Waals surface area contributed by atoms with E-state index in [2.05, 4.69) is 6.92 Å². The van der Waals surface area contributed by atoms with Crippen LogP contribution in [0.4, 0.5) is 17.6 Å². The predicted molar refractivity (Wildman–Crippen MR) is 141 cm³/mol. The van der Waals surface area contributed by atoms with Gasteiger partial charge in [-0.1, -0.05) is 20.8 Å². The highest BCUT2D eigenvalue weighted by molar-refractivity contribution is 7.85. The van der Waals surface area contributed by atoms with Gasteiger partial charge in [-0.05, 0) is 60.7 Å². The van der Waals surface area contributed by atoms with Gasteiger partial charge in [0.05, 0.1) is 13.0 Å². The molecule has 13 heteroatoms. The molecule has 4 aliphatic rings. The van der Waals surface area contributed by atoms with Gasteiger partial charge in [0.15, 0.2) is 0 Å². The van der Waals surface area contributed by atoms with Crippen LogP contribution in [0.2, 0.25) is 0 Å². The van der Waals surface area contributed by atoms with E-state index in [1.807, 2.05) is 13.8 Å². The first-order valence-corrected chi connectivity index (χ1v) is 16.3. The summed E-state index contributed by atoms with van der Waals surface area (Å²) < 4.78 is 89.4. The average molecular weight is 625 g/mol. The molecule has 4 fully saturated rings. The Kier molecular flexibility index (Phi) is 8.83. The minimum Gasteiger partial charge on any atom is -0.465 e. The molecule has 0 amide bonds. The molecule has 0 bridgehead atoms. The van der Waals surface area contributed by atoms with Crippen LogP contribution in [0.15, 0.2) is 0 Å². The summed E-state index contributed by atoms with van der Waals surface area (Å²) in [4.78, 5) is 51.7. The second kappa shape index (κ2) is 11.2. The highest BCUT2D eigenvalue weighted by atomic mass is 32.2. The standard InChI is InChI=1S/C29H40F4O8S/c1-16(4-7-24(37)41-11-10-28(30,31)29(32,33)15-42(38,39)40)19-5-6-20-25-21(14-23(36)27(19,20)3)26(2)9-8-18(34)12-17(26)13-22(25)35/h16-17,19-21,25H,4-15H2,1-3H3,(H,38,39,40)/t16-,17?,19-,20+,21+,25+,26+,27-/m1/s1. The van der Waals surface area contributed by atoms with Crippen LogP contribution in [-0.4, -0.2) is 60.5 Å². The summed E-state index contributed by atoms with van der Waals surface area (Å²) >= 11 is 0. The fourth-order valence-electron chi connectivity index (χ4n) is 8.82. The van der Waals surface area contributed by atoms with Gasteiger partial charge >= 0.3 is 17.8 Å². The summed E-state index contributed by atoms with van der Waals surface area (Å²) in [7, 11) is -5.36. The lowest BCUT2D eigenvalue weighted by Gasteiger charge is -2.58. The van der Waals surface area contributed by atoms with Gasteiger partial charge in [0.25, 0.3) is 10.1 Å². The maximum absolute atomic E-state index is 13.8. The van der Waals surface area contributed by atoms with Gasteiger partial charge in [-0.15, -0.1) is 0 Å². The van der Waals surface area contributed by atoms with Crippen LogP contribution in [-0.2, 0) is 34.0 Å². The molecule has 4 aliphatic carbocycles. The lowest BCUT2D eigenvalue weighted by atomic mass is 9.44. The van der Waals surface area contributed by atoms with Crippen molar-refractivity contribution >= 4 is 33.4 Å². The number of carbonyl (C=O) groups is 4. The number of rotatable bonds is 10. The molecule has 0 spiro atoms. The summed E-state index contributed by atoms with van der Waals surface area (Å²) in [5, 5.41) is 0. The summed E-state index contributed by atoms with van der Waals surface area (Å²) in [5.41, 5.74) is -0.988. The number of Topliss-reactive ketones (excluding diaryl/α,β-unsaturated/α-hetero) is 3. The van der Waals surface area contributed by atoms with E-state index in [1.54, 1.807) is 0 Å². The van der Waals surface area contributed by atoms with Crippen molar-refractivity contribution in [2.45, 2.75) is 96.8 Å². The third kappa shape index (κ3) is 5.93. The van der Waals surface area contributed by atoms with Crippen LogP contribution < -0.4 is 0 Å². The fourth-order valence-corrected chi connectivity index (χ4v) is 9.49. The van der Waals surface area contributed by atoms with Crippen LogP contribution in [0.5, 0.6) is 0 Å². The van der Waals surface area contributed by atoms with Crippen molar-refractivity contribution < 1.29 is 54.4 Å². The van der Waals surface area contributed by atoms with Gasteiger partial charge in [-0.25, -0.2) is 0 Å². The first-order chi connectivity index (χ1) is 19.2. The van der Waals surface area contributed by atoms with E-state index in [0.29, 0.717) is 38.5 Å². The van der Waals surface area contributed by atoms with Gasteiger partial charge in [-0.2, -0.15) is 26.0 Å². The van der Waals surface area contributed by atoms with Crippen molar-refractivity contribution in [3.63, 3.8) is 0 Å². The molecule has 8 nitrogen and oxygen atoms in total. The van der Waals surface area contributed by atoms with Gasteiger partial charge in [0.2, 0.25) is 0 Å². The molecular formula is C29H40F4O8S. The monoisotopic (exact) mass is 624 g/mol. The van der Waals surface area contributed by atoms with Crippen LogP contribution >= 0.6 is 0 Å². The molecular weight excluding hydrogens is 584 g/mol. The molecule has 238 valence electrons. The van der Waals surface area contributed by atoms with Crippen molar-refractivity contribution in [3.05, 3.63) is 0 Å². The Morgan fingerprint density at radius 2 is 1.71 bits per heavy atom. The molecule has 0 aromatic carbocycles.